The van der Waals surface area contributed by atoms with E-state index in [-0.39, 0.29) is 24.1 Å². The van der Waals surface area contributed by atoms with Crippen molar-refractivity contribution in [2.24, 2.45) is 17.6 Å². The molecular formula is C16H19F2N3O2. The van der Waals surface area contributed by atoms with Crippen molar-refractivity contribution in [2.75, 3.05) is 31.1 Å². The van der Waals surface area contributed by atoms with Crippen molar-refractivity contribution >= 4 is 17.5 Å². The molecule has 2 fully saturated rings. The van der Waals surface area contributed by atoms with Crippen molar-refractivity contribution in [1.82, 2.24) is 4.90 Å². The molecule has 2 atom stereocenters. The number of likely N-dealkylation sites (tertiary alicyclic amines) is 1. The molecule has 1 aromatic carbocycles. The van der Waals surface area contributed by atoms with Gasteiger partial charge in [0.05, 0.1) is 0 Å². The first-order valence-electron chi connectivity index (χ1n) is 7.76. The normalized spacial score (nSPS) is 24.6. The number of nitrogens with two attached hydrogens (primary N) is 1. The first-order chi connectivity index (χ1) is 11.0. The van der Waals surface area contributed by atoms with E-state index in [0.717, 1.165) is 24.6 Å². The monoisotopic (exact) mass is 323 g/mol. The van der Waals surface area contributed by atoms with Gasteiger partial charge in [0.1, 0.15) is 17.6 Å². The van der Waals surface area contributed by atoms with Crippen LogP contribution in [0.25, 0.3) is 0 Å². The summed E-state index contributed by atoms with van der Waals surface area (Å²) in [6.45, 7) is 2.00. The van der Waals surface area contributed by atoms with E-state index in [9.17, 15) is 18.4 Å². The number of benzene rings is 1. The van der Waals surface area contributed by atoms with Gasteiger partial charge < -0.3 is 15.5 Å². The topological polar surface area (TPSA) is 66.6 Å². The van der Waals surface area contributed by atoms with Crippen molar-refractivity contribution in [3.63, 3.8) is 0 Å². The molecule has 7 heteroatoms. The number of hydrogen-bond acceptors (Lipinski definition) is 3. The quantitative estimate of drug-likeness (QED) is 0.848. The lowest BCUT2D eigenvalue weighted by atomic mass is 10.1. The molecular weight excluding hydrogens is 304 g/mol. The molecule has 3 rings (SSSR count). The Bertz CT molecular complexity index is 618. The average Bonchev–Trinajstić information content (AvgIpc) is 3.12. The van der Waals surface area contributed by atoms with Gasteiger partial charge in [-0.15, -0.1) is 0 Å². The molecule has 5 nitrogen and oxygen atoms in total. The Balaban J connectivity index is 1.72. The Morgan fingerprint density at radius 1 is 1.17 bits per heavy atom. The summed E-state index contributed by atoms with van der Waals surface area (Å²) in [5, 5.41) is 0. The highest BCUT2D eigenvalue weighted by Gasteiger charge is 2.41. The van der Waals surface area contributed by atoms with Gasteiger partial charge in [-0.05, 0) is 37.4 Å². The highest BCUT2D eigenvalue weighted by molar-refractivity contribution is 6.09. The second kappa shape index (κ2) is 6.23. The van der Waals surface area contributed by atoms with Crippen LogP contribution in [0.2, 0.25) is 0 Å². The fourth-order valence-corrected chi connectivity index (χ4v) is 3.31. The molecule has 0 radical (unpaired) electrons. The molecule has 2 heterocycles. The third-order valence-electron chi connectivity index (χ3n) is 4.59. The van der Waals surface area contributed by atoms with E-state index in [4.69, 9.17) is 5.73 Å². The standard InChI is InChI=1S/C16H19F2N3O2/c17-11-5-12(18)7-13(6-11)21-4-2-14(16(21)23)15(22)20-3-1-10(8-19)9-20/h5-7,10,14H,1-4,8-9,19H2/t10-,14+/m0/s1. The number of nitrogens with zero attached hydrogens (tertiary/aromatic N) is 2. The Labute approximate surface area is 133 Å². The van der Waals surface area contributed by atoms with Gasteiger partial charge in [-0.25, -0.2) is 8.78 Å². The molecule has 0 saturated carbocycles. The second-order valence-corrected chi connectivity index (χ2v) is 6.13. The number of carbonyl (C=O) groups excluding carboxylic acids is 2. The van der Waals surface area contributed by atoms with E-state index in [2.05, 4.69) is 0 Å². The van der Waals surface area contributed by atoms with Gasteiger partial charge in [0, 0.05) is 31.4 Å². The molecule has 0 aromatic heterocycles. The molecule has 0 bridgehead atoms. The Morgan fingerprint density at radius 3 is 2.48 bits per heavy atom. The van der Waals surface area contributed by atoms with Gasteiger partial charge in [0.2, 0.25) is 11.8 Å². The maximum atomic E-state index is 13.3. The van der Waals surface area contributed by atoms with Crippen LogP contribution in [0.5, 0.6) is 0 Å². The highest BCUT2D eigenvalue weighted by Crippen LogP contribution is 2.29. The van der Waals surface area contributed by atoms with E-state index in [1.165, 1.54) is 4.90 Å². The molecule has 2 aliphatic heterocycles. The largest absolute Gasteiger partial charge is 0.342 e. The van der Waals surface area contributed by atoms with Crippen molar-refractivity contribution in [2.45, 2.75) is 12.8 Å². The van der Waals surface area contributed by atoms with E-state index < -0.39 is 23.5 Å². The average molecular weight is 323 g/mol. The maximum Gasteiger partial charge on any atom is 0.239 e. The van der Waals surface area contributed by atoms with Crippen LogP contribution in [0.1, 0.15) is 12.8 Å². The molecule has 2 amide bonds. The summed E-state index contributed by atoms with van der Waals surface area (Å²) in [4.78, 5) is 28.0. The van der Waals surface area contributed by atoms with Crippen molar-refractivity contribution in [3.8, 4) is 0 Å². The van der Waals surface area contributed by atoms with Crippen LogP contribution in [-0.2, 0) is 9.59 Å². The summed E-state index contributed by atoms with van der Waals surface area (Å²) in [6, 6.07) is 2.96. The third kappa shape index (κ3) is 3.06. The zero-order valence-electron chi connectivity index (χ0n) is 12.7. The van der Waals surface area contributed by atoms with Gasteiger partial charge in [-0.2, -0.15) is 0 Å². The maximum absolute atomic E-state index is 13.3. The SMILES string of the molecule is NC[C@@H]1CCN(C(=O)[C@H]2CCN(c3cc(F)cc(F)c3)C2=O)C1. The number of halogens is 2. The molecule has 0 spiro atoms. The minimum atomic E-state index is -0.766. The molecule has 2 saturated heterocycles. The van der Waals surface area contributed by atoms with E-state index in [0.29, 0.717) is 26.1 Å². The van der Waals surface area contributed by atoms with Crippen molar-refractivity contribution in [3.05, 3.63) is 29.8 Å². The van der Waals surface area contributed by atoms with E-state index in [1.807, 2.05) is 0 Å². The summed E-state index contributed by atoms with van der Waals surface area (Å²) in [6.07, 6.45) is 1.21. The summed E-state index contributed by atoms with van der Waals surface area (Å²) >= 11 is 0. The van der Waals surface area contributed by atoms with E-state index in [1.54, 1.807) is 4.90 Å². The minimum absolute atomic E-state index is 0.157. The fourth-order valence-electron chi connectivity index (χ4n) is 3.31. The summed E-state index contributed by atoms with van der Waals surface area (Å²) in [7, 11) is 0. The zero-order chi connectivity index (χ0) is 16.6. The second-order valence-electron chi connectivity index (χ2n) is 6.13. The third-order valence-corrected chi connectivity index (χ3v) is 4.59. The number of rotatable bonds is 3. The van der Waals surface area contributed by atoms with Crippen LogP contribution in [0, 0.1) is 23.5 Å². The lowest BCUT2D eigenvalue weighted by Gasteiger charge is -2.21. The number of carbonyl (C=O) groups is 2. The highest BCUT2D eigenvalue weighted by atomic mass is 19.1. The molecule has 2 N–H and O–H groups in total. The molecule has 2 aliphatic rings. The molecule has 0 aliphatic carbocycles. The first kappa shape index (κ1) is 15.9. The van der Waals surface area contributed by atoms with Crippen LogP contribution >= 0.6 is 0 Å². The molecule has 124 valence electrons. The molecule has 23 heavy (non-hydrogen) atoms. The Kier molecular flexibility index (Phi) is 4.30. The first-order valence-corrected chi connectivity index (χ1v) is 7.76. The molecule has 1 aromatic rings. The van der Waals surface area contributed by atoms with E-state index >= 15 is 0 Å². The van der Waals surface area contributed by atoms with Gasteiger partial charge in [0.25, 0.3) is 0 Å². The predicted molar refractivity (Wildman–Crippen MR) is 80.6 cm³/mol. The van der Waals surface area contributed by atoms with Gasteiger partial charge in [0.15, 0.2) is 0 Å². The molecule has 0 unspecified atom stereocenters. The Morgan fingerprint density at radius 2 is 1.87 bits per heavy atom. The van der Waals surface area contributed by atoms with Crippen LogP contribution in [0.4, 0.5) is 14.5 Å². The van der Waals surface area contributed by atoms with Crippen LogP contribution in [-0.4, -0.2) is 42.9 Å². The summed E-state index contributed by atoms with van der Waals surface area (Å²) in [5.74, 6) is -2.57. The van der Waals surface area contributed by atoms with Crippen molar-refractivity contribution < 1.29 is 18.4 Å². The fraction of sp³-hybridized carbons (Fsp3) is 0.500. The smallest absolute Gasteiger partial charge is 0.239 e. The predicted octanol–water partition coefficient (Wildman–Crippen LogP) is 1.12. The van der Waals surface area contributed by atoms with Crippen LogP contribution < -0.4 is 10.6 Å². The number of hydrogen-bond donors (Lipinski definition) is 1. The summed E-state index contributed by atoms with van der Waals surface area (Å²) < 4.78 is 26.7. The zero-order valence-corrected chi connectivity index (χ0v) is 12.7. The van der Waals surface area contributed by atoms with Gasteiger partial charge >= 0.3 is 0 Å². The number of amides is 2. The van der Waals surface area contributed by atoms with Gasteiger partial charge in [-0.1, -0.05) is 0 Å². The summed E-state index contributed by atoms with van der Waals surface area (Å²) in [5.41, 5.74) is 5.78. The van der Waals surface area contributed by atoms with Gasteiger partial charge in [-0.3, -0.25) is 9.59 Å². The van der Waals surface area contributed by atoms with Crippen molar-refractivity contribution in [1.29, 1.82) is 0 Å². The minimum Gasteiger partial charge on any atom is -0.342 e. The number of anilines is 1. The lowest BCUT2D eigenvalue weighted by molar-refractivity contribution is -0.139. The lowest BCUT2D eigenvalue weighted by Crippen LogP contribution is -2.39. The Hall–Kier alpha value is -2.02. The van der Waals surface area contributed by atoms with Crippen LogP contribution in [0.15, 0.2) is 18.2 Å². The van der Waals surface area contributed by atoms with Crippen LogP contribution in [0.3, 0.4) is 0 Å².